The number of nitrogens with zero attached hydrogens (tertiary/aromatic N) is 4. The maximum atomic E-state index is 14.2. The van der Waals surface area contributed by atoms with Crippen LogP contribution in [0.5, 0.6) is 0 Å². The Bertz CT molecular complexity index is 1350. The van der Waals surface area contributed by atoms with Crippen molar-refractivity contribution in [2.75, 3.05) is 11.9 Å². The number of halogens is 2. The van der Waals surface area contributed by atoms with Crippen LogP contribution >= 0.6 is 0 Å². The van der Waals surface area contributed by atoms with Crippen LogP contribution in [0, 0.1) is 11.6 Å². The molecular formula is C22H18F2N6O2. The Morgan fingerprint density at radius 1 is 1.19 bits per heavy atom. The number of amides is 1. The van der Waals surface area contributed by atoms with E-state index in [-0.39, 0.29) is 17.3 Å². The summed E-state index contributed by atoms with van der Waals surface area (Å²) in [5, 5.41) is 7.91. The summed E-state index contributed by atoms with van der Waals surface area (Å²) in [7, 11) is 0. The molecule has 0 fully saturated rings. The Morgan fingerprint density at radius 2 is 2.06 bits per heavy atom. The van der Waals surface area contributed by atoms with Crippen molar-refractivity contribution in [2.24, 2.45) is 5.73 Å². The lowest BCUT2D eigenvalue weighted by Gasteiger charge is -2.20. The summed E-state index contributed by atoms with van der Waals surface area (Å²) in [6.45, 7) is 1.17. The highest BCUT2D eigenvalue weighted by atomic mass is 19.1. The van der Waals surface area contributed by atoms with Crippen molar-refractivity contribution in [2.45, 2.75) is 19.6 Å². The lowest BCUT2D eigenvalue weighted by Crippen LogP contribution is -2.19. The van der Waals surface area contributed by atoms with E-state index >= 15 is 0 Å². The Labute approximate surface area is 181 Å². The first-order chi connectivity index (χ1) is 15.5. The Balaban J connectivity index is 1.59. The Hall–Kier alpha value is -3.92. The van der Waals surface area contributed by atoms with Gasteiger partial charge in [-0.2, -0.15) is 14.8 Å². The number of rotatable bonds is 5. The average Bonchev–Trinajstić information content (AvgIpc) is 3.20. The molecule has 1 aliphatic rings. The molecule has 3 N–H and O–H groups in total. The summed E-state index contributed by atoms with van der Waals surface area (Å²) in [5.74, 6) is -0.955. The number of anilines is 1. The van der Waals surface area contributed by atoms with Gasteiger partial charge < -0.3 is 15.8 Å². The lowest BCUT2D eigenvalue weighted by molar-refractivity contribution is 0.100. The number of hydrogen-bond acceptors (Lipinski definition) is 6. The lowest BCUT2D eigenvalue weighted by atomic mass is 10.1. The van der Waals surface area contributed by atoms with E-state index in [9.17, 15) is 13.6 Å². The van der Waals surface area contributed by atoms with Crippen LogP contribution in [-0.4, -0.2) is 32.3 Å². The molecule has 2 aromatic carbocycles. The molecule has 3 heterocycles. The second kappa shape index (κ2) is 7.97. The zero-order valence-corrected chi connectivity index (χ0v) is 16.8. The number of carbonyl (C=O) groups is 1. The second-order valence-electron chi connectivity index (χ2n) is 7.39. The normalized spacial score (nSPS) is 13.2. The SMILES string of the molecule is NC(=O)c1cc(F)cc2c1cnn2-c1nc2c(c(NCc3cccc(F)c3)n1)CCOC2. The van der Waals surface area contributed by atoms with Crippen LogP contribution in [0.15, 0.2) is 42.6 Å². The maximum Gasteiger partial charge on any atom is 0.253 e. The number of nitrogens with two attached hydrogens (primary N) is 1. The van der Waals surface area contributed by atoms with E-state index < -0.39 is 11.7 Å². The quantitative estimate of drug-likeness (QED) is 0.498. The zero-order valence-electron chi connectivity index (χ0n) is 16.8. The molecule has 1 aliphatic heterocycles. The molecule has 4 aromatic rings. The topological polar surface area (TPSA) is 108 Å². The first-order valence-electron chi connectivity index (χ1n) is 9.93. The minimum Gasteiger partial charge on any atom is -0.375 e. The number of aromatic nitrogens is 4. The van der Waals surface area contributed by atoms with E-state index in [1.807, 2.05) is 6.07 Å². The minimum absolute atomic E-state index is 0.0250. The second-order valence-corrected chi connectivity index (χ2v) is 7.39. The standard InChI is InChI=1S/C22H18F2N6O2/c23-13-3-1-2-12(6-13)9-26-21-15-4-5-32-11-18(15)28-22(29-21)30-19-8-14(24)7-16(20(25)31)17(19)10-27-30/h1-3,6-8,10H,4-5,9,11H2,(H2,25,31)(H,26,28,29). The van der Waals surface area contributed by atoms with Crippen LogP contribution in [0.4, 0.5) is 14.6 Å². The van der Waals surface area contributed by atoms with Crippen molar-refractivity contribution in [1.29, 1.82) is 0 Å². The van der Waals surface area contributed by atoms with Crippen LogP contribution < -0.4 is 11.1 Å². The van der Waals surface area contributed by atoms with Crippen LogP contribution in [0.1, 0.15) is 27.2 Å². The van der Waals surface area contributed by atoms with Crippen molar-refractivity contribution in [1.82, 2.24) is 19.7 Å². The van der Waals surface area contributed by atoms with Gasteiger partial charge >= 0.3 is 0 Å². The van der Waals surface area contributed by atoms with E-state index in [0.717, 1.165) is 17.2 Å². The Morgan fingerprint density at radius 3 is 2.88 bits per heavy atom. The van der Waals surface area contributed by atoms with Crippen molar-refractivity contribution < 1.29 is 18.3 Å². The molecule has 0 atom stereocenters. The van der Waals surface area contributed by atoms with Gasteiger partial charge in [0, 0.05) is 30.0 Å². The molecule has 10 heteroatoms. The van der Waals surface area contributed by atoms with Crippen LogP contribution in [0.25, 0.3) is 16.9 Å². The van der Waals surface area contributed by atoms with Crippen molar-refractivity contribution in [3.05, 3.63) is 76.6 Å². The number of fused-ring (bicyclic) bond motifs is 2. The van der Waals surface area contributed by atoms with Gasteiger partial charge in [0.1, 0.15) is 17.5 Å². The number of primary amides is 1. The van der Waals surface area contributed by atoms with Crippen molar-refractivity contribution >= 4 is 22.6 Å². The summed E-state index contributed by atoms with van der Waals surface area (Å²) in [5.41, 5.74) is 8.06. The highest BCUT2D eigenvalue weighted by Crippen LogP contribution is 2.27. The minimum atomic E-state index is -0.758. The van der Waals surface area contributed by atoms with E-state index in [1.54, 1.807) is 6.07 Å². The highest BCUT2D eigenvalue weighted by Gasteiger charge is 2.21. The molecule has 0 saturated carbocycles. The van der Waals surface area contributed by atoms with Crippen molar-refractivity contribution in [3.8, 4) is 5.95 Å². The summed E-state index contributed by atoms with van der Waals surface area (Å²) in [6, 6.07) is 8.59. The van der Waals surface area contributed by atoms with Gasteiger partial charge in [-0.3, -0.25) is 4.79 Å². The monoisotopic (exact) mass is 436 g/mol. The van der Waals surface area contributed by atoms with Gasteiger partial charge in [0.05, 0.1) is 36.2 Å². The van der Waals surface area contributed by atoms with Crippen LogP contribution in [-0.2, 0) is 24.3 Å². The van der Waals surface area contributed by atoms with E-state index in [2.05, 4.69) is 20.4 Å². The fourth-order valence-electron chi connectivity index (χ4n) is 3.77. The number of ether oxygens (including phenoxy) is 1. The van der Waals surface area contributed by atoms with Gasteiger partial charge in [-0.15, -0.1) is 0 Å². The first kappa shape index (κ1) is 20.0. The average molecular weight is 436 g/mol. The summed E-state index contributed by atoms with van der Waals surface area (Å²) in [4.78, 5) is 20.9. The van der Waals surface area contributed by atoms with Gasteiger partial charge in [-0.05, 0) is 23.8 Å². The third-order valence-electron chi connectivity index (χ3n) is 5.27. The van der Waals surface area contributed by atoms with Crippen molar-refractivity contribution in [3.63, 3.8) is 0 Å². The van der Waals surface area contributed by atoms with E-state index in [0.29, 0.717) is 48.6 Å². The third kappa shape index (κ3) is 3.65. The molecule has 1 amide bonds. The number of benzene rings is 2. The fourth-order valence-corrected chi connectivity index (χ4v) is 3.77. The zero-order chi connectivity index (χ0) is 22.2. The van der Waals surface area contributed by atoms with E-state index in [4.69, 9.17) is 10.5 Å². The molecule has 8 nitrogen and oxygen atoms in total. The van der Waals surface area contributed by atoms with Crippen LogP contribution in [0.2, 0.25) is 0 Å². The molecule has 0 unspecified atom stereocenters. The van der Waals surface area contributed by atoms with E-state index in [1.165, 1.54) is 29.1 Å². The molecule has 0 radical (unpaired) electrons. The number of hydrogen-bond donors (Lipinski definition) is 2. The molecule has 162 valence electrons. The van der Waals surface area contributed by atoms with Crippen LogP contribution in [0.3, 0.4) is 0 Å². The fraction of sp³-hybridized carbons (Fsp3) is 0.182. The first-order valence-corrected chi connectivity index (χ1v) is 9.93. The number of carbonyl (C=O) groups excluding carboxylic acids is 1. The molecule has 0 bridgehead atoms. The maximum absolute atomic E-state index is 14.2. The smallest absolute Gasteiger partial charge is 0.253 e. The third-order valence-corrected chi connectivity index (χ3v) is 5.27. The molecule has 5 rings (SSSR count). The predicted molar refractivity (Wildman–Crippen MR) is 112 cm³/mol. The highest BCUT2D eigenvalue weighted by molar-refractivity contribution is 6.05. The molecule has 2 aromatic heterocycles. The molecule has 0 saturated heterocycles. The molecule has 0 spiro atoms. The summed E-state index contributed by atoms with van der Waals surface area (Å²) >= 11 is 0. The molecular weight excluding hydrogens is 418 g/mol. The largest absolute Gasteiger partial charge is 0.375 e. The molecule has 0 aliphatic carbocycles. The molecule has 32 heavy (non-hydrogen) atoms. The van der Waals surface area contributed by atoms with Gasteiger partial charge in [0.25, 0.3) is 5.95 Å². The van der Waals surface area contributed by atoms with Gasteiger partial charge in [-0.25, -0.2) is 13.8 Å². The van der Waals surface area contributed by atoms with Gasteiger partial charge in [0.15, 0.2) is 0 Å². The summed E-state index contributed by atoms with van der Waals surface area (Å²) in [6.07, 6.45) is 2.04. The Kier molecular flexibility index (Phi) is 4.98. The van der Waals surface area contributed by atoms with Gasteiger partial charge in [0.2, 0.25) is 5.91 Å². The van der Waals surface area contributed by atoms with Gasteiger partial charge in [-0.1, -0.05) is 12.1 Å². The number of nitrogens with one attached hydrogen (secondary N) is 1. The summed E-state index contributed by atoms with van der Waals surface area (Å²) < 4.78 is 34.6. The predicted octanol–water partition coefficient (Wildman–Crippen LogP) is 2.88.